The zero-order valence-corrected chi connectivity index (χ0v) is 19.2. The van der Waals surface area contributed by atoms with E-state index in [9.17, 15) is 9.59 Å². The third-order valence-corrected chi connectivity index (χ3v) is 6.61. The second kappa shape index (κ2) is 9.44. The van der Waals surface area contributed by atoms with E-state index >= 15 is 0 Å². The van der Waals surface area contributed by atoms with Gasteiger partial charge in [-0.15, -0.1) is 21.5 Å². The van der Waals surface area contributed by atoms with Crippen LogP contribution in [-0.2, 0) is 23.0 Å². The van der Waals surface area contributed by atoms with Crippen molar-refractivity contribution in [3.63, 3.8) is 0 Å². The Balaban J connectivity index is 1.82. The largest absolute Gasteiger partial charge is 0.465 e. The van der Waals surface area contributed by atoms with Crippen LogP contribution in [0.15, 0.2) is 28.7 Å². The summed E-state index contributed by atoms with van der Waals surface area (Å²) in [4.78, 5) is 25.1. The highest BCUT2D eigenvalue weighted by Crippen LogP contribution is 2.38. The van der Waals surface area contributed by atoms with Crippen LogP contribution in [0.2, 0.25) is 0 Å². The number of thioether (sulfide) groups is 1. The summed E-state index contributed by atoms with van der Waals surface area (Å²) in [5, 5.41) is 14.1. The minimum atomic E-state index is -0.476. The van der Waals surface area contributed by atoms with Gasteiger partial charge in [0, 0.05) is 24.4 Å². The van der Waals surface area contributed by atoms with Gasteiger partial charge in [0.2, 0.25) is 5.91 Å². The molecular formula is C21H24N4O3S2. The third-order valence-electron chi connectivity index (χ3n) is 4.69. The highest BCUT2D eigenvalue weighted by molar-refractivity contribution is 7.99. The Hall–Kier alpha value is -2.65. The van der Waals surface area contributed by atoms with Crippen LogP contribution >= 0.6 is 23.1 Å². The molecule has 3 aromatic rings. The maximum absolute atomic E-state index is 12.6. The summed E-state index contributed by atoms with van der Waals surface area (Å²) in [6, 6.07) is 6.08. The molecule has 7 nitrogen and oxygen atoms in total. The molecule has 0 aliphatic heterocycles. The van der Waals surface area contributed by atoms with Gasteiger partial charge in [0.25, 0.3) is 0 Å². The Morgan fingerprint density at radius 3 is 2.67 bits per heavy atom. The van der Waals surface area contributed by atoms with Crippen LogP contribution in [0.25, 0.3) is 11.1 Å². The second-order valence-corrected chi connectivity index (χ2v) is 8.63. The van der Waals surface area contributed by atoms with Crippen LogP contribution in [0.1, 0.15) is 34.2 Å². The van der Waals surface area contributed by atoms with Crippen LogP contribution in [0.5, 0.6) is 0 Å². The molecule has 0 aliphatic rings. The summed E-state index contributed by atoms with van der Waals surface area (Å²) >= 11 is 2.62. The molecule has 2 heterocycles. The number of benzene rings is 1. The van der Waals surface area contributed by atoms with E-state index in [0.717, 1.165) is 34.5 Å². The van der Waals surface area contributed by atoms with Gasteiger partial charge in [0.05, 0.1) is 12.9 Å². The first-order valence-corrected chi connectivity index (χ1v) is 11.3. The predicted octanol–water partition coefficient (Wildman–Crippen LogP) is 4.24. The summed E-state index contributed by atoms with van der Waals surface area (Å²) in [6.45, 7) is 6.00. The molecule has 0 atom stereocenters. The number of nitrogens with one attached hydrogen (secondary N) is 1. The molecule has 0 radical (unpaired) electrons. The van der Waals surface area contributed by atoms with E-state index in [-0.39, 0.29) is 11.7 Å². The van der Waals surface area contributed by atoms with Crippen LogP contribution in [-0.4, -0.2) is 39.5 Å². The van der Waals surface area contributed by atoms with Crippen molar-refractivity contribution in [1.82, 2.24) is 14.8 Å². The first kappa shape index (κ1) is 22.0. The number of carbonyl (C=O) groups is 2. The summed E-state index contributed by atoms with van der Waals surface area (Å²) < 4.78 is 6.88. The zero-order valence-electron chi connectivity index (χ0n) is 17.6. The molecule has 1 amide bonds. The van der Waals surface area contributed by atoms with Crippen LogP contribution in [0.4, 0.5) is 5.00 Å². The van der Waals surface area contributed by atoms with Gasteiger partial charge in [-0.25, -0.2) is 4.79 Å². The number of hydrogen-bond donors (Lipinski definition) is 1. The van der Waals surface area contributed by atoms with Gasteiger partial charge >= 0.3 is 5.97 Å². The SMILES string of the molecule is CCc1nnc(SCC(=O)Nc2scc(-c3cc(C)ccc3C)c2C(=O)OC)n1C. The highest BCUT2D eigenvalue weighted by Gasteiger charge is 2.23. The van der Waals surface area contributed by atoms with E-state index < -0.39 is 5.97 Å². The lowest BCUT2D eigenvalue weighted by Crippen LogP contribution is -2.16. The monoisotopic (exact) mass is 444 g/mol. The fourth-order valence-electron chi connectivity index (χ4n) is 3.05. The van der Waals surface area contributed by atoms with Crippen molar-refractivity contribution in [2.45, 2.75) is 32.3 Å². The summed E-state index contributed by atoms with van der Waals surface area (Å²) in [6.07, 6.45) is 0.773. The second-order valence-electron chi connectivity index (χ2n) is 6.81. The van der Waals surface area contributed by atoms with E-state index in [1.807, 2.05) is 56.0 Å². The average Bonchev–Trinajstić information content (AvgIpc) is 3.30. The van der Waals surface area contributed by atoms with Crippen LogP contribution < -0.4 is 5.32 Å². The molecule has 30 heavy (non-hydrogen) atoms. The number of rotatable bonds is 7. The maximum Gasteiger partial charge on any atom is 0.341 e. The molecule has 0 spiro atoms. The van der Waals surface area contributed by atoms with Crippen molar-refractivity contribution < 1.29 is 14.3 Å². The normalized spacial score (nSPS) is 10.8. The fourth-order valence-corrected chi connectivity index (χ4v) is 4.74. The first-order chi connectivity index (χ1) is 14.3. The average molecular weight is 445 g/mol. The predicted molar refractivity (Wildman–Crippen MR) is 120 cm³/mol. The Morgan fingerprint density at radius 2 is 2.00 bits per heavy atom. The number of ether oxygens (including phenoxy) is 1. The molecule has 0 fully saturated rings. The Labute approximate surface area is 183 Å². The van der Waals surface area contributed by atoms with Gasteiger partial charge in [0.1, 0.15) is 16.4 Å². The fraction of sp³-hybridized carbons (Fsp3) is 0.333. The van der Waals surface area contributed by atoms with E-state index in [4.69, 9.17) is 4.74 Å². The van der Waals surface area contributed by atoms with Gasteiger partial charge in [-0.1, -0.05) is 42.4 Å². The first-order valence-electron chi connectivity index (χ1n) is 9.44. The smallest absolute Gasteiger partial charge is 0.341 e. The van der Waals surface area contributed by atoms with Crippen molar-refractivity contribution in [3.05, 3.63) is 46.1 Å². The molecule has 158 valence electrons. The number of hydrogen-bond acceptors (Lipinski definition) is 7. The Bertz CT molecular complexity index is 1090. The van der Waals surface area contributed by atoms with Gasteiger partial charge < -0.3 is 14.6 Å². The highest BCUT2D eigenvalue weighted by atomic mass is 32.2. The molecule has 0 saturated carbocycles. The summed E-state index contributed by atoms with van der Waals surface area (Å²) in [5.41, 5.74) is 4.23. The number of amides is 1. The molecule has 0 unspecified atom stereocenters. The summed E-state index contributed by atoms with van der Waals surface area (Å²) in [7, 11) is 3.22. The summed E-state index contributed by atoms with van der Waals surface area (Å²) in [5.74, 6) is 0.325. The van der Waals surface area contributed by atoms with Crippen molar-refractivity contribution in [3.8, 4) is 11.1 Å². The number of aryl methyl sites for hydroxylation is 3. The molecule has 9 heteroatoms. The van der Waals surface area contributed by atoms with E-state index in [0.29, 0.717) is 15.7 Å². The van der Waals surface area contributed by atoms with Crippen LogP contribution in [0, 0.1) is 13.8 Å². The van der Waals surface area contributed by atoms with Crippen molar-refractivity contribution in [2.75, 3.05) is 18.2 Å². The minimum Gasteiger partial charge on any atom is -0.465 e. The van der Waals surface area contributed by atoms with E-state index in [2.05, 4.69) is 15.5 Å². The molecule has 0 aliphatic carbocycles. The number of aromatic nitrogens is 3. The number of thiophene rings is 1. The minimum absolute atomic E-state index is 0.160. The van der Waals surface area contributed by atoms with Gasteiger partial charge in [-0.05, 0) is 25.0 Å². The van der Waals surface area contributed by atoms with Crippen LogP contribution in [0.3, 0.4) is 0 Å². The third kappa shape index (κ3) is 4.57. The Morgan fingerprint density at radius 1 is 1.23 bits per heavy atom. The molecule has 1 aromatic carbocycles. The standard InChI is InChI=1S/C21H24N4O3S2/c1-6-16-23-24-21(25(16)4)30-11-17(26)22-19-18(20(27)28-5)15(10-29-19)14-9-12(2)7-8-13(14)3/h7-10H,6,11H2,1-5H3,(H,22,26). The lowest BCUT2D eigenvalue weighted by Gasteiger charge is -2.10. The van der Waals surface area contributed by atoms with Crippen molar-refractivity contribution in [2.24, 2.45) is 7.05 Å². The number of anilines is 1. The van der Waals surface area contributed by atoms with Gasteiger partial charge in [0.15, 0.2) is 5.16 Å². The van der Waals surface area contributed by atoms with Gasteiger partial charge in [-0.2, -0.15) is 0 Å². The molecule has 3 rings (SSSR count). The zero-order chi connectivity index (χ0) is 21.8. The van der Waals surface area contributed by atoms with Crippen molar-refractivity contribution in [1.29, 1.82) is 0 Å². The lowest BCUT2D eigenvalue weighted by atomic mass is 9.97. The van der Waals surface area contributed by atoms with Gasteiger partial charge in [-0.3, -0.25) is 4.79 Å². The molecule has 1 N–H and O–H groups in total. The lowest BCUT2D eigenvalue weighted by molar-refractivity contribution is -0.113. The van der Waals surface area contributed by atoms with E-state index in [1.54, 1.807) is 0 Å². The molecule has 0 bridgehead atoms. The topological polar surface area (TPSA) is 86.1 Å². The quantitative estimate of drug-likeness (QED) is 0.433. The number of carbonyl (C=O) groups excluding carboxylic acids is 2. The van der Waals surface area contributed by atoms with Crippen molar-refractivity contribution >= 4 is 40.0 Å². The molecular weight excluding hydrogens is 420 g/mol. The number of nitrogens with zero attached hydrogens (tertiary/aromatic N) is 3. The van der Waals surface area contributed by atoms with E-state index in [1.165, 1.54) is 30.2 Å². The molecule has 2 aromatic heterocycles. The Kier molecular flexibility index (Phi) is 6.94. The molecule has 0 saturated heterocycles. The number of methoxy groups -OCH3 is 1. The maximum atomic E-state index is 12.6. The number of esters is 1.